The van der Waals surface area contributed by atoms with Gasteiger partial charge in [0.2, 0.25) is 0 Å². The predicted molar refractivity (Wildman–Crippen MR) is 76.9 cm³/mol. The maximum absolute atomic E-state index is 13.6. The molecular weight excluding hydrogens is 301 g/mol. The third-order valence-electron chi connectivity index (χ3n) is 2.69. The van der Waals surface area contributed by atoms with Crippen LogP contribution in [0, 0.1) is 15.9 Å². The summed E-state index contributed by atoms with van der Waals surface area (Å²) in [5, 5.41) is 13.0. The van der Waals surface area contributed by atoms with Crippen LogP contribution in [0.5, 0.6) is 0 Å². The third-order valence-corrected chi connectivity index (χ3v) is 3.00. The number of nitrogen functional groups attached to an aromatic ring is 1. The van der Waals surface area contributed by atoms with E-state index in [0.717, 1.165) is 18.2 Å². The Hall–Kier alpha value is -2.67. The highest BCUT2D eigenvalue weighted by Gasteiger charge is 2.16. The van der Waals surface area contributed by atoms with Crippen molar-refractivity contribution in [3.8, 4) is 0 Å². The smallest absolute Gasteiger partial charge is 0.292 e. The summed E-state index contributed by atoms with van der Waals surface area (Å²) in [4.78, 5) is 22.0. The number of para-hydroxylation sites is 1. The van der Waals surface area contributed by atoms with Crippen LogP contribution in [-0.4, -0.2) is 10.8 Å². The van der Waals surface area contributed by atoms with Crippen molar-refractivity contribution in [1.82, 2.24) is 0 Å². The molecule has 0 spiro atoms. The summed E-state index contributed by atoms with van der Waals surface area (Å²) in [6.07, 6.45) is 0. The molecule has 0 radical (unpaired) electrons. The van der Waals surface area contributed by atoms with Crippen molar-refractivity contribution in [2.24, 2.45) is 0 Å². The van der Waals surface area contributed by atoms with Crippen molar-refractivity contribution in [2.75, 3.05) is 11.1 Å². The minimum Gasteiger partial charge on any atom is -0.393 e. The molecule has 0 saturated heterocycles. The lowest BCUT2D eigenvalue weighted by Crippen LogP contribution is -2.14. The highest BCUT2D eigenvalue weighted by molar-refractivity contribution is 6.34. The van der Waals surface area contributed by atoms with Gasteiger partial charge in [-0.3, -0.25) is 14.9 Å². The number of hydrogen-bond acceptors (Lipinski definition) is 4. The van der Waals surface area contributed by atoms with Gasteiger partial charge in [-0.05, 0) is 24.3 Å². The minimum absolute atomic E-state index is 0.0400. The first-order valence-corrected chi connectivity index (χ1v) is 6.07. The number of nitro groups is 1. The van der Waals surface area contributed by atoms with Crippen LogP contribution in [-0.2, 0) is 0 Å². The lowest BCUT2D eigenvalue weighted by atomic mass is 10.1. The molecule has 2 aromatic carbocycles. The van der Waals surface area contributed by atoms with E-state index < -0.39 is 16.6 Å². The SMILES string of the molecule is Nc1cc(C(=O)Nc2c(F)cccc2Cl)ccc1[N+](=O)[O-]. The summed E-state index contributed by atoms with van der Waals surface area (Å²) in [6, 6.07) is 7.43. The van der Waals surface area contributed by atoms with Crippen LogP contribution < -0.4 is 11.1 Å². The van der Waals surface area contributed by atoms with Gasteiger partial charge in [0, 0.05) is 11.6 Å². The number of nitro benzene ring substituents is 1. The Morgan fingerprint density at radius 2 is 2.05 bits per heavy atom. The zero-order valence-electron chi connectivity index (χ0n) is 10.5. The van der Waals surface area contributed by atoms with Crippen LogP contribution in [0.3, 0.4) is 0 Å². The van der Waals surface area contributed by atoms with Gasteiger partial charge in [-0.25, -0.2) is 4.39 Å². The first-order valence-electron chi connectivity index (χ1n) is 5.69. The summed E-state index contributed by atoms with van der Waals surface area (Å²) in [5.41, 5.74) is 4.91. The number of nitrogens with one attached hydrogen (secondary N) is 1. The highest BCUT2D eigenvalue weighted by Crippen LogP contribution is 2.26. The Morgan fingerprint density at radius 3 is 2.62 bits per heavy atom. The molecule has 108 valence electrons. The van der Waals surface area contributed by atoms with Crippen LogP contribution >= 0.6 is 11.6 Å². The maximum Gasteiger partial charge on any atom is 0.292 e. The number of carbonyl (C=O) groups excluding carboxylic acids is 1. The van der Waals surface area contributed by atoms with E-state index in [9.17, 15) is 19.3 Å². The lowest BCUT2D eigenvalue weighted by Gasteiger charge is -2.08. The van der Waals surface area contributed by atoms with E-state index in [1.54, 1.807) is 0 Å². The van der Waals surface area contributed by atoms with Gasteiger partial charge in [0.15, 0.2) is 0 Å². The van der Waals surface area contributed by atoms with Crippen LogP contribution in [0.1, 0.15) is 10.4 Å². The molecule has 0 unspecified atom stereocenters. The topological polar surface area (TPSA) is 98.3 Å². The fourth-order valence-electron chi connectivity index (χ4n) is 1.66. The highest BCUT2D eigenvalue weighted by atomic mass is 35.5. The van der Waals surface area contributed by atoms with Crippen molar-refractivity contribution < 1.29 is 14.1 Å². The second kappa shape index (κ2) is 5.76. The Balaban J connectivity index is 2.29. The molecule has 0 fully saturated rings. The Kier molecular flexibility index (Phi) is 4.04. The van der Waals surface area contributed by atoms with Gasteiger partial charge in [0.25, 0.3) is 11.6 Å². The Labute approximate surface area is 123 Å². The second-order valence-corrected chi connectivity index (χ2v) is 4.49. The molecule has 0 aromatic heterocycles. The van der Waals surface area contributed by atoms with E-state index in [-0.39, 0.29) is 27.6 Å². The standard InChI is InChI=1S/C13H9ClFN3O3/c14-8-2-1-3-9(15)12(8)17-13(19)7-4-5-11(18(20)21)10(16)6-7/h1-6H,16H2,(H,17,19). The molecule has 2 rings (SSSR count). The van der Waals surface area contributed by atoms with Gasteiger partial charge < -0.3 is 11.1 Å². The first-order chi connectivity index (χ1) is 9.90. The molecule has 6 nitrogen and oxygen atoms in total. The van der Waals surface area contributed by atoms with Gasteiger partial charge in [-0.1, -0.05) is 17.7 Å². The summed E-state index contributed by atoms with van der Waals surface area (Å²) >= 11 is 5.79. The summed E-state index contributed by atoms with van der Waals surface area (Å²) in [7, 11) is 0. The van der Waals surface area contributed by atoms with E-state index in [1.807, 2.05) is 0 Å². The average molecular weight is 310 g/mol. The molecule has 0 saturated carbocycles. The van der Waals surface area contributed by atoms with Gasteiger partial charge >= 0.3 is 0 Å². The number of rotatable bonds is 3. The monoisotopic (exact) mass is 309 g/mol. The zero-order chi connectivity index (χ0) is 15.6. The number of halogens is 2. The van der Waals surface area contributed by atoms with Crippen molar-refractivity contribution in [2.45, 2.75) is 0 Å². The van der Waals surface area contributed by atoms with Gasteiger partial charge in [-0.15, -0.1) is 0 Å². The van der Waals surface area contributed by atoms with Crippen molar-refractivity contribution in [3.63, 3.8) is 0 Å². The predicted octanol–water partition coefficient (Wildman–Crippen LogP) is 3.22. The van der Waals surface area contributed by atoms with E-state index >= 15 is 0 Å². The Bertz CT molecular complexity index is 716. The maximum atomic E-state index is 13.6. The minimum atomic E-state index is -0.689. The van der Waals surface area contributed by atoms with Gasteiger partial charge in [-0.2, -0.15) is 0 Å². The molecule has 0 aliphatic carbocycles. The third kappa shape index (κ3) is 3.09. The number of benzene rings is 2. The second-order valence-electron chi connectivity index (χ2n) is 4.08. The number of nitrogens with two attached hydrogens (primary N) is 1. The van der Waals surface area contributed by atoms with Crippen molar-refractivity contribution >= 4 is 34.6 Å². The number of nitrogens with zero attached hydrogens (tertiary/aromatic N) is 1. The Morgan fingerprint density at radius 1 is 1.33 bits per heavy atom. The number of anilines is 2. The van der Waals surface area contributed by atoms with Crippen LogP contribution in [0.2, 0.25) is 5.02 Å². The molecule has 0 atom stereocenters. The van der Waals surface area contributed by atoms with Crippen LogP contribution in [0.25, 0.3) is 0 Å². The van der Waals surface area contributed by atoms with Crippen molar-refractivity contribution in [3.05, 3.63) is 62.9 Å². The number of hydrogen-bond donors (Lipinski definition) is 2. The first kappa shape index (κ1) is 14.7. The van der Waals surface area contributed by atoms with E-state index in [4.69, 9.17) is 17.3 Å². The summed E-state index contributed by atoms with van der Waals surface area (Å²) < 4.78 is 13.6. The number of carbonyl (C=O) groups is 1. The molecule has 3 N–H and O–H groups in total. The lowest BCUT2D eigenvalue weighted by molar-refractivity contribution is -0.383. The largest absolute Gasteiger partial charge is 0.393 e. The van der Waals surface area contributed by atoms with E-state index in [0.29, 0.717) is 0 Å². The van der Waals surface area contributed by atoms with E-state index in [2.05, 4.69) is 5.32 Å². The van der Waals surface area contributed by atoms with Crippen LogP contribution in [0.15, 0.2) is 36.4 Å². The quantitative estimate of drug-likeness (QED) is 0.516. The molecule has 8 heteroatoms. The normalized spacial score (nSPS) is 10.2. The molecule has 21 heavy (non-hydrogen) atoms. The van der Waals surface area contributed by atoms with E-state index in [1.165, 1.54) is 18.2 Å². The van der Waals surface area contributed by atoms with Crippen molar-refractivity contribution in [1.29, 1.82) is 0 Å². The summed E-state index contributed by atoms with van der Waals surface area (Å²) in [6.45, 7) is 0. The van der Waals surface area contributed by atoms with Crippen LogP contribution in [0.4, 0.5) is 21.5 Å². The molecule has 0 heterocycles. The molecular formula is C13H9ClFN3O3. The average Bonchev–Trinajstić information content (AvgIpc) is 2.42. The fraction of sp³-hybridized carbons (Fsp3) is 0. The number of amides is 1. The molecule has 0 aliphatic heterocycles. The van der Waals surface area contributed by atoms with Gasteiger partial charge in [0.05, 0.1) is 15.6 Å². The molecule has 1 amide bonds. The van der Waals surface area contributed by atoms with Gasteiger partial charge in [0.1, 0.15) is 11.5 Å². The summed E-state index contributed by atoms with van der Waals surface area (Å²) in [5.74, 6) is -1.37. The molecule has 0 bridgehead atoms. The zero-order valence-corrected chi connectivity index (χ0v) is 11.2. The molecule has 2 aromatic rings. The molecule has 0 aliphatic rings. The fourth-order valence-corrected chi connectivity index (χ4v) is 1.88.